The lowest BCUT2D eigenvalue weighted by atomic mass is 9.97. The molecule has 0 atom stereocenters. The largest absolute Gasteiger partial charge is 0.427 e. The standard InChI is InChI=1S/C16H13BrO3/c1-10(18)16-9-14(20-11(2)19)7-8-15(16)12-3-5-13(17)6-4-12/h3-9H,1-2H3. The highest BCUT2D eigenvalue weighted by atomic mass is 79.9. The van der Waals surface area contributed by atoms with Gasteiger partial charge in [0.15, 0.2) is 5.78 Å². The molecule has 0 saturated heterocycles. The molecule has 0 saturated carbocycles. The molecule has 0 aliphatic carbocycles. The monoisotopic (exact) mass is 332 g/mol. The number of esters is 1. The first kappa shape index (κ1) is 14.5. The molecule has 102 valence electrons. The van der Waals surface area contributed by atoms with Crippen LogP contribution in [0.3, 0.4) is 0 Å². The van der Waals surface area contributed by atoms with Crippen molar-refractivity contribution in [1.82, 2.24) is 0 Å². The molecule has 2 rings (SSSR count). The van der Waals surface area contributed by atoms with Crippen LogP contribution >= 0.6 is 15.9 Å². The van der Waals surface area contributed by atoms with E-state index in [0.29, 0.717) is 11.3 Å². The molecule has 3 nitrogen and oxygen atoms in total. The molecule has 0 aromatic heterocycles. The summed E-state index contributed by atoms with van der Waals surface area (Å²) in [6.45, 7) is 2.82. The average Bonchev–Trinajstić information content (AvgIpc) is 2.39. The Hall–Kier alpha value is -1.94. The first-order valence-corrected chi connectivity index (χ1v) is 6.86. The Bertz CT molecular complexity index is 660. The number of carbonyl (C=O) groups is 2. The van der Waals surface area contributed by atoms with Gasteiger partial charge in [-0.05, 0) is 48.4 Å². The zero-order chi connectivity index (χ0) is 14.7. The highest BCUT2D eigenvalue weighted by Gasteiger charge is 2.11. The molecule has 4 heteroatoms. The van der Waals surface area contributed by atoms with Crippen LogP contribution in [0.2, 0.25) is 0 Å². The van der Waals surface area contributed by atoms with Crippen molar-refractivity contribution in [3.8, 4) is 16.9 Å². The van der Waals surface area contributed by atoms with Crippen LogP contribution in [0.25, 0.3) is 11.1 Å². The first-order chi connectivity index (χ1) is 9.47. The van der Waals surface area contributed by atoms with Gasteiger partial charge in [-0.2, -0.15) is 0 Å². The number of carbonyl (C=O) groups excluding carboxylic acids is 2. The number of ether oxygens (including phenoxy) is 1. The number of ketones is 1. The first-order valence-electron chi connectivity index (χ1n) is 6.06. The SMILES string of the molecule is CC(=O)Oc1ccc(-c2ccc(Br)cc2)c(C(C)=O)c1. The second kappa shape index (κ2) is 6.01. The second-order valence-corrected chi connectivity index (χ2v) is 5.28. The van der Waals surface area contributed by atoms with Gasteiger partial charge in [0, 0.05) is 17.0 Å². The Labute approximate surface area is 125 Å². The van der Waals surface area contributed by atoms with Crippen LogP contribution in [-0.2, 0) is 4.79 Å². The zero-order valence-corrected chi connectivity index (χ0v) is 12.7. The lowest BCUT2D eigenvalue weighted by Crippen LogP contribution is -2.03. The average molecular weight is 333 g/mol. The molecule has 0 unspecified atom stereocenters. The third kappa shape index (κ3) is 3.33. The van der Waals surface area contributed by atoms with Crippen LogP contribution < -0.4 is 4.74 Å². The molecule has 0 radical (unpaired) electrons. The molecule has 2 aromatic rings. The van der Waals surface area contributed by atoms with Gasteiger partial charge in [0.05, 0.1) is 0 Å². The Morgan fingerprint density at radius 3 is 2.20 bits per heavy atom. The lowest BCUT2D eigenvalue weighted by Gasteiger charge is -2.10. The minimum atomic E-state index is -0.407. The van der Waals surface area contributed by atoms with E-state index >= 15 is 0 Å². The molecule has 0 aliphatic heterocycles. The van der Waals surface area contributed by atoms with E-state index in [4.69, 9.17) is 4.74 Å². The maximum absolute atomic E-state index is 11.8. The molecule has 2 aromatic carbocycles. The van der Waals surface area contributed by atoms with E-state index in [2.05, 4.69) is 15.9 Å². The van der Waals surface area contributed by atoms with Gasteiger partial charge in [0.2, 0.25) is 0 Å². The maximum Gasteiger partial charge on any atom is 0.308 e. The van der Waals surface area contributed by atoms with Crippen LogP contribution in [0.15, 0.2) is 46.9 Å². The van der Waals surface area contributed by atoms with E-state index in [-0.39, 0.29) is 5.78 Å². The number of hydrogen-bond acceptors (Lipinski definition) is 3. The normalized spacial score (nSPS) is 10.2. The molecular weight excluding hydrogens is 320 g/mol. The minimum Gasteiger partial charge on any atom is -0.427 e. The summed E-state index contributed by atoms with van der Waals surface area (Å²) in [6, 6.07) is 12.8. The quantitative estimate of drug-likeness (QED) is 0.479. The summed E-state index contributed by atoms with van der Waals surface area (Å²) in [7, 11) is 0. The van der Waals surface area contributed by atoms with E-state index in [0.717, 1.165) is 15.6 Å². The molecule has 0 aliphatic rings. The molecule has 0 fully saturated rings. The molecule has 0 amide bonds. The predicted molar refractivity (Wildman–Crippen MR) is 80.9 cm³/mol. The van der Waals surface area contributed by atoms with Gasteiger partial charge in [-0.3, -0.25) is 9.59 Å². The molecular formula is C16H13BrO3. The third-order valence-electron chi connectivity index (χ3n) is 2.79. The van der Waals surface area contributed by atoms with Crippen molar-refractivity contribution >= 4 is 27.7 Å². The van der Waals surface area contributed by atoms with Crippen LogP contribution in [0, 0.1) is 0 Å². The van der Waals surface area contributed by atoms with Crippen molar-refractivity contribution in [2.45, 2.75) is 13.8 Å². The summed E-state index contributed by atoms with van der Waals surface area (Å²) in [5.41, 5.74) is 2.29. The van der Waals surface area contributed by atoms with Crippen LogP contribution in [-0.4, -0.2) is 11.8 Å². The van der Waals surface area contributed by atoms with Crippen molar-refractivity contribution in [2.24, 2.45) is 0 Å². The van der Waals surface area contributed by atoms with Gasteiger partial charge in [-0.15, -0.1) is 0 Å². The van der Waals surface area contributed by atoms with E-state index in [1.165, 1.54) is 13.8 Å². The van der Waals surface area contributed by atoms with E-state index in [1.807, 2.05) is 24.3 Å². The number of hydrogen-bond donors (Lipinski definition) is 0. The Morgan fingerprint density at radius 1 is 1.00 bits per heavy atom. The third-order valence-corrected chi connectivity index (χ3v) is 3.32. The molecule has 0 heterocycles. The number of benzene rings is 2. The highest BCUT2D eigenvalue weighted by molar-refractivity contribution is 9.10. The molecule has 0 N–H and O–H groups in total. The maximum atomic E-state index is 11.8. The topological polar surface area (TPSA) is 43.4 Å². The number of rotatable bonds is 3. The summed E-state index contributed by atoms with van der Waals surface area (Å²) in [4.78, 5) is 22.8. The fourth-order valence-corrected chi connectivity index (χ4v) is 2.19. The summed E-state index contributed by atoms with van der Waals surface area (Å²) < 4.78 is 5.99. The second-order valence-electron chi connectivity index (χ2n) is 4.36. The Morgan fingerprint density at radius 2 is 1.65 bits per heavy atom. The smallest absolute Gasteiger partial charge is 0.308 e. The van der Waals surface area contributed by atoms with Crippen molar-refractivity contribution in [2.75, 3.05) is 0 Å². The fourth-order valence-electron chi connectivity index (χ4n) is 1.93. The van der Waals surface area contributed by atoms with E-state index in [1.54, 1.807) is 18.2 Å². The minimum absolute atomic E-state index is 0.0723. The van der Waals surface area contributed by atoms with E-state index in [9.17, 15) is 9.59 Å². The van der Waals surface area contributed by atoms with Crippen LogP contribution in [0.5, 0.6) is 5.75 Å². The van der Waals surface area contributed by atoms with Gasteiger partial charge in [0.1, 0.15) is 5.75 Å². The lowest BCUT2D eigenvalue weighted by molar-refractivity contribution is -0.131. The van der Waals surface area contributed by atoms with Crippen molar-refractivity contribution < 1.29 is 14.3 Å². The number of Topliss-reactive ketones (excluding diaryl/α,β-unsaturated/α-hetero) is 1. The fraction of sp³-hybridized carbons (Fsp3) is 0.125. The van der Waals surface area contributed by atoms with Crippen molar-refractivity contribution in [3.05, 3.63) is 52.5 Å². The summed E-state index contributed by atoms with van der Waals surface area (Å²) in [6.07, 6.45) is 0. The van der Waals surface area contributed by atoms with Crippen molar-refractivity contribution in [3.63, 3.8) is 0 Å². The van der Waals surface area contributed by atoms with Crippen LogP contribution in [0.4, 0.5) is 0 Å². The Balaban J connectivity index is 2.50. The van der Waals surface area contributed by atoms with Gasteiger partial charge >= 0.3 is 5.97 Å². The van der Waals surface area contributed by atoms with Gasteiger partial charge in [-0.25, -0.2) is 0 Å². The Kier molecular flexibility index (Phi) is 4.35. The van der Waals surface area contributed by atoms with E-state index < -0.39 is 5.97 Å². The summed E-state index contributed by atoms with van der Waals surface area (Å²) in [5.74, 6) is -0.101. The molecule has 0 bridgehead atoms. The summed E-state index contributed by atoms with van der Waals surface area (Å²) >= 11 is 3.38. The summed E-state index contributed by atoms with van der Waals surface area (Å²) in [5, 5.41) is 0. The zero-order valence-electron chi connectivity index (χ0n) is 11.1. The van der Waals surface area contributed by atoms with Crippen molar-refractivity contribution in [1.29, 1.82) is 0 Å². The van der Waals surface area contributed by atoms with Gasteiger partial charge in [0.25, 0.3) is 0 Å². The number of halogens is 1. The predicted octanol–water partition coefficient (Wildman–Crippen LogP) is 4.24. The molecule has 20 heavy (non-hydrogen) atoms. The highest BCUT2D eigenvalue weighted by Crippen LogP contribution is 2.29. The molecule has 0 spiro atoms. The van der Waals surface area contributed by atoms with Gasteiger partial charge in [-0.1, -0.05) is 28.1 Å². The van der Waals surface area contributed by atoms with Gasteiger partial charge < -0.3 is 4.74 Å². The van der Waals surface area contributed by atoms with Crippen LogP contribution in [0.1, 0.15) is 24.2 Å².